The summed E-state index contributed by atoms with van der Waals surface area (Å²) in [7, 11) is 1.87. The van der Waals surface area contributed by atoms with Crippen LogP contribution in [0.3, 0.4) is 0 Å². The van der Waals surface area contributed by atoms with Crippen molar-refractivity contribution in [1.82, 2.24) is 19.7 Å². The molecule has 114 valence electrons. The van der Waals surface area contributed by atoms with Crippen molar-refractivity contribution in [3.8, 4) is 0 Å². The van der Waals surface area contributed by atoms with Crippen LogP contribution in [0.25, 0.3) is 0 Å². The summed E-state index contributed by atoms with van der Waals surface area (Å²) in [5.74, 6) is 2.48. The van der Waals surface area contributed by atoms with Gasteiger partial charge in [0.2, 0.25) is 0 Å². The molecule has 2 aromatic rings. The van der Waals surface area contributed by atoms with E-state index in [1.54, 1.807) is 6.20 Å². The van der Waals surface area contributed by atoms with E-state index in [1.165, 1.54) is 0 Å². The average Bonchev–Trinajstić information content (AvgIpc) is 2.89. The van der Waals surface area contributed by atoms with Crippen LogP contribution in [0.15, 0.2) is 24.5 Å². The van der Waals surface area contributed by atoms with Gasteiger partial charge in [-0.15, -0.1) is 0 Å². The van der Waals surface area contributed by atoms with Crippen LogP contribution in [0.5, 0.6) is 0 Å². The van der Waals surface area contributed by atoms with Gasteiger partial charge >= 0.3 is 0 Å². The van der Waals surface area contributed by atoms with E-state index in [9.17, 15) is 0 Å². The van der Waals surface area contributed by atoms with E-state index in [1.807, 2.05) is 30.1 Å². The minimum Gasteiger partial charge on any atom is -0.373 e. The molecule has 2 N–H and O–H groups in total. The van der Waals surface area contributed by atoms with Crippen LogP contribution in [-0.4, -0.2) is 32.8 Å². The lowest BCUT2D eigenvalue weighted by atomic mass is 9.96. The van der Waals surface area contributed by atoms with Gasteiger partial charge in [-0.1, -0.05) is 20.8 Å². The van der Waals surface area contributed by atoms with Crippen LogP contribution < -0.4 is 10.6 Å². The Bertz CT molecular complexity index is 570. The Morgan fingerprint density at radius 2 is 1.95 bits per heavy atom. The quantitative estimate of drug-likeness (QED) is 0.885. The first-order valence-electron chi connectivity index (χ1n) is 7.20. The highest BCUT2D eigenvalue weighted by atomic mass is 15.3. The van der Waals surface area contributed by atoms with Crippen LogP contribution in [0.4, 0.5) is 11.6 Å². The highest BCUT2D eigenvalue weighted by Crippen LogP contribution is 2.22. The lowest BCUT2D eigenvalue weighted by Gasteiger charge is -2.20. The monoisotopic (exact) mass is 288 g/mol. The van der Waals surface area contributed by atoms with Crippen molar-refractivity contribution in [2.45, 2.75) is 45.7 Å². The van der Waals surface area contributed by atoms with Crippen LogP contribution in [0.2, 0.25) is 0 Å². The molecule has 0 aliphatic carbocycles. The van der Waals surface area contributed by atoms with Gasteiger partial charge in [-0.25, -0.2) is 9.97 Å². The molecule has 0 saturated heterocycles. The molecule has 0 aliphatic heterocycles. The third kappa shape index (κ3) is 4.18. The molecular formula is C15H24N6. The molecule has 2 heterocycles. The second kappa shape index (κ2) is 6.11. The third-order valence-corrected chi connectivity index (χ3v) is 3.07. The van der Waals surface area contributed by atoms with Crippen LogP contribution in [0.1, 0.15) is 33.5 Å². The maximum atomic E-state index is 4.63. The highest BCUT2D eigenvalue weighted by Gasteiger charge is 2.19. The number of nitrogens with zero attached hydrogens (tertiary/aromatic N) is 4. The maximum Gasteiger partial charge on any atom is 0.138 e. The van der Waals surface area contributed by atoms with E-state index < -0.39 is 0 Å². The lowest BCUT2D eigenvalue weighted by Crippen LogP contribution is -2.24. The van der Waals surface area contributed by atoms with Gasteiger partial charge in [0.05, 0.1) is 6.54 Å². The molecule has 0 aromatic carbocycles. The zero-order valence-corrected chi connectivity index (χ0v) is 13.4. The van der Waals surface area contributed by atoms with Crippen molar-refractivity contribution in [2.75, 3.05) is 17.7 Å². The Balaban J connectivity index is 2.15. The van der Waals surface area contributed by atoms with Gasteiger partial charge in [0.1, 0.15) is 17.5 Å². The summed E-state index contributed by atoms with van der Waals surface area (Å²) in [6.07, 6.45) is 3.74. The first-order chi connectivity index (χ1) is 9.88. The van der Waals surface area contributed by atoms with E-state index in [4.69, 9.17) is 0 Å². The SMILES string of the molecule is CNc1cc(NC(C)Cn2cccn2)nc(C(C)(C)C)n1. The Morgan fingerprint density at radius 1 is 1.24 bits per heavy atom. The second-order valence-corrected chi connectivity index (χ2v) is 6.24. The van der Waals surface area contributed by atoms with Gasteiger partial charge in [0, 0.05) is 37.0 Å². The summed E-state index contributed by atoms with van der Waals surface area (Å²) in [5, 5.41) is 10.7. The van der Waals surface area contributed by atoms with Gasteiger partial charge in [0.15, 0.2) is 0 Å². The molecule has 1 atom stereocenters. The first kappa shape index (κ1) is 15.3. The first-order valence-corrected chi connectivity index (χ1v) is 7.20. The minimum absolute atomic E-state index is 0.0888. The second-order valence-electron chi connectivity index (χ2n) is 6.24. The number of anilines is 2. The van der Waals surface area contributed by atoms with E-state index in [-0.39, 0.29) is 11.5 Å². The number of aromatic nitrogens is 4. The molecule has 0 radical (unpaired) electrons. The van der Waals surface area contributed by atoms with Crippen molar-refractivity contribution in [2.24, 2.45) is 0 Å². The number of rotatable bonds is 5. The molecule has 21 heavy (non-hydrogen) atoms. The van der Waals surface area contributed by atoms with Gasteiger partial charge in [-0.2, -0.15) is 5.10 Å². The van der Waals surface area contributed by atoms with Crippen molar-refractivity contribution in [3.05, 3.63) is 30.4 Å². The summed E-state index contributed by atoms with van der Waals surface area (Å²) >= 11 is 0. The standard InChI is InChI=1S/C15H24N6/c1-11(10-21-8-6-7-17-21)18-13-9-12(16-5)19-14(20-13)15(2,3)4/h6-9,11H,10H2,1-5H3,(H2,16,18,19,20). The van der Waals surface area contributed by atoms with Crippen LogP contribution in [-0.2, 0) is 12.0 Å². The smallest absolute Gasteiger partial charge is 0.138 e. The molecule has 0 amide bonds. The molecule has 6 heteroatoms. The largest absolute Gasteiger partial charge is 0.373 e. The number of hydrogen-bond donors (Lipinski definition) is 2. The molecule has 0 aliphatic rings. The molecular weight excluding hydrogens is 264 g/mol. The zero-order chi connectivity index (χ0) is 15.5. The fourth-order valence-corrected chi connectivity index (χ4v) is 1.97. The van der Waals surface area contributed by atoms with Gasteiger partial charge < -0.3 is 10.6 Å². The van der Waals surface area contributed by atoms with E-state index >= 15 is 0 Å². The number of hydrogen-bond acceptors (Lipinski definition) is 5. The Hall–Kier alpha value is -2.11. The Kier molecular flexibility index (Phi) is 4.45. The van der Waals surface area contributed by atoms with Crippen LogP contribution >= 0.6 is 0 Å². The number of nitrogens with one attached hydrogen (secondary N) is 2. The van der Waals surface area contributed by atoms with E-state index in [2.05, 4.69) is 53.4 Å². The molecule has 0 fully saturated rings. The van der Waals surface area contributed by atoms with E-state index in [0.29, 0.717) is 0 Å². The van der Waals surface area contributed by atoms with Gasteiger partial charge in [-0.05, 0) is 13.0 Å². The molecule has 2 rings (SSSR count). The fraction of sp³-hybridized carbons (Fsp3) is 0.533. The van der Waals surface area contributed by atoms with Crippen molar-refractivity contribution < 1.29 is 0 Å². The summed E-state index contributed by atoms with van der Waals surface area (Å²) in [6.45, 7) is 9.23. The highest BCUT2D eigenvalue weighted by molar-refractivity contribution is 5.48. The molecule has 0 spiro atoms. The van der Waals surface area contributed by atoms with Crippen molar-refractivity contribution >= 4 is 11.6 Å². The van der Waals surface area contributed by atoms with Crippen molar-refractivity contribution in [3.63, 3.8) is 0 Å². The topological polar surface area (TPSA) is 67.7 Å². The summed E-state index contributed by atoms with van der Waals surface area (Å²) in [6, 6.07) is 4.07. The lowest BCUT2D eigenvalue weighted by molar-refractivity contribution is 0.541. The van der Waals surface area contributed by atoms with Gasteiger partial charge in [0.25, 0.3) is 0 Å². The maximum absolute atomic E-state index is 4.63. The Labute approximate surface area is 126 Å². The van der Waals surface area contributed by atoms with Crippen LogP contribution in [0, 0.1) is 0 Å². The molecule has 0 bridgehead atoms. The molecule has 6 nitrogen and oxygen atoms in total. The third-order valence-electron chi connectivity index (χ3n) is 3.07. The summed E-state index contributed by atoms with van der Waals surface area (Å²) in [4.78, 5) is 9.16. The predicted molar refractivity (Wildman–Crippen MR) is 85.6 cm³/mol. The average molecular weight is 288 g/mol. The predicted octanol–water partition coefficient (Wildman–Crippen LogP) is 2.51. The molecule has 1 unspecified atom stereocenters. The summed E-state index contributed by atoms with van der Waals surface area (Å²) in [5.41, 5.74) is -0.0888. The zero-order valence-electron chi connectivity index (χ0n) is 13.4. The normalized spacial score (nSPS) is 13.0. The van der Waals surface area contributed by atoms with Gasteiger partial charge in [-0.3, -0.25) is 4.68 Å². The molecule has 0 saturated carbocycles. The summed E-state index contributed by atoms with van der Waals surface area (Å²) < 4.78 is 1.91. The van der Waals surface area contributed by atoms with Crippen molar-refractivity contribution in [1.29, 1.82) is 0 Å². The minimum atomic E-state index is -0.0888. The fourth-order valence-electron chi connectivity index (χ4n) is 1.97. The molecule has 2 aromatic heterocycles. The van der Waals surface area contributed by atoms with E-state index in [0.717, 1.165) is 24.0 Å². The Morgan fingerprint density at radius 3 is 2.52 bits per heavy atom.